The van der Waals surface area contributed by atoms with E-state index < -0.39 is 31.2 Å². The topological polar surface area (TPSA) is 157 Å². The number of thioether (sulfide) groups is 1. The maximum Gasteiger partial charge on any atom is 0.475 e. The fourth-order valence-corrected chi connectivity index (χ4v) is 4.69. The predicted molar refractivity (Wildman–Crippen MR) is 109 cm³/mol. The molecule has 13 heteroatoms. The van der Waals surface area contributed by atoms with Crippen molar-refractivity contribution in [1.82, 2.24) is 10.6 Å². The maximum atomic E-state index is 12.4. The molecule has 2 atom stereocenters. The predicted octanol–water partition coefficient (Wildman–Crippen LogP) is 1.32. The number of hydrogen-bond acceptors (Lipinski definition) is 9. The number of hydrogen-bond donors (Lipinski definition) is 3. The van der Waals surface area contributed by atoms with Crippen LogP contribution >= 0.6 is 19.6 Å². The molecule has 1 aliphatic rings. The van der Waals surface area contributed by atoms with Crippen molar-refractivity contribution in [2.45, 2.75) is 46.1 Å². The Labute approximate surface area is 179 Å². The van der Waals surface area contributed by atoms with Crippen molar-refractivity contribution in [3.63, 3.8) is 0 Å². The van der Waals surface area contributed by atoms with Gasteiger partial charge < -0.3 is 15.7 Å². The van der Waals surface area contributed by atoms with Gasteiger partial charge in [0.15, 0.2) is 11.2 Å². The monoisotopic (exact) mass is 468 g/mol. The van der Waals surface area contributed by atoms with Gasteiger partial charge in [0.1, 0.15) is 0 Å². The highest BCUT2D eigenvalue weighted by molar-refractivity contribution is 8.13. The third-order valence-corrected chi connectivity index (χ3v) is 6.37. The van der Waals surface area contributed by atoms with Crippen LogP contribution in [0, 0.1) is 5.41 Å². The van der Waals surface area contributed by atoms with Crippen LogP contribution in [0.2, 0.25) is 0 Å². The Hall–Kier alpha value is -1.46. The van der Waals surface area contributed by atoms with Gasteiger partial charge in [0.25, 0.3) is 0 Å². The van der Waals surface area contributed by atoms with E-state index in [0.717, 1.165) is 11.8 Å². The molecule has 1 rings (SSSR count). The first-order chi connectivity index (χ1) is 14.0. The third-order valence-electron chi connectivity index (χ3n) is 3.95. The van der Waals surface area contributed by atoms with E-state index in [1.807, 2.05) is 0 Å². The number of amides is 2. The Bertz CT molecular complexity index is 686. The Balaban J connectivity index is 2.30. The van der Waals surface area contributed by atoms with Gasteiger partial charge in [-0.25, -0.2) is 4.57 Å². The summed E-state index contributed by atoms with van der Waals surface area (Å²) in [7, 11) is -3.79. The third kappa shape index (κ3) is 9.57. The molecule has 1 unspecified atom stereocenters. The molecular weight excluding hydrogens is 439 g/mol. The van der Waals surface area contributed by atoms with E-state index in [0.29, 0.717) is 5.75 Å². The summed E-state index contributed by atoms with van der Waals surface area (Å²) in [5.41, 5.74) is -0.734. The summed E-state index contributed by atoms with van der Waals surface area (Å²) >= 11 is 0.958. The van der Waals surface area contributed by atoms with Gasteiger partial charge in [0.2, 0.25) is 11.8 Å². The van der Waals surface area contributed by atoms with E-state index in [4.69, 9.17) is 18.7 Å². The van der Waals surface area contributed by atoms with E-state index >= 15 is 0 Å². The lowest BCUT2D eigenvalue weighted by atomic mass is 9.87. The van der Waals surface area contributed by atoms with Crippen LogP contribution in [0.15, 0.2) is 0 Å². The second-order valence-corrected chi connectivity index (χ2v) is 9.89. The highest BCUT2D eigenvalue weighted by Crippen LogP contribution is 2.56. The fraction of sp³-hybridized carbons (Fsp3) is 0.765. The Morgan fingerprint density at radius 1 is 1.17 bits per heavy atom. The smallest absolute Gasteiger partial charge is 0.475 e. The van der Waals surface area contributed by atoms with Crippen molar-refractivity contribution in [2.24, 2.45) is 5.41 Å². The largest absolute Gasteiger partial charge is 0.481 e. The van der Waals surface area contributed by atoms with Crippen LogP contribution in [-0.4, -0.2) is 66.2 Å². The van der Waals surface area contributed by atoms with Gasteiger partial charge >= 0.3 is 13.8 Å². The van der Waals surface area contributed by atoms with Gasteiger partial charge in [-0.3, -0.25) is 32.7 Å². The highest BCUT2D eigenvalue weighted by atomic mass is 32.2. The SMILES string of the molecule is CCOP1(=O)OCC(C)(C)[C@H](C(=O)NCCC(=O)NCCSC(=O)CCC(=O)O)O1. The Morgan fingerprint density at radius 3 is 2.50 bits per heavy atom. The molecule has 1 fully saturated rings. The van der Waals surface area contributed by atoms with Gasteiger partial charge in [-0.1, -0.05) is 25.6 Å². The van der Waals surface area contributed by atoms with Crippen molar-refractivity contribution in [3.8, 4) is 0 Å². The summed E-state index contributed by atoms with van der Waals surface area (Å²) in [6.07, 6.45) is -1.32. The number of rotatable bonds is 12. The summed E-state index contributed by atoms with van der Waals surface area (Å²) in [5, 5.41) is 13.4. The number of nitrogens with one attached hydrogen (secondary N) is 2. The first-order valence-electron chi connectivity index (χ1n) is 9.48. The van der Waals surface area contributed by atoms with Crippen molar-refractivity contribution < 1.29 is 42.4 Å². The minimum Gasteiger partial charge on any atom is -0.481 e. The van der Waals surface area contributed by atoms with Gasteiger partial charge in [0.05, 0.1) is 19.6 Å². The van der Waals surface area contributed by atoms with Crippen LogP contribution in [0.3, 0.4) is 0 Å². The number of carbonyl (C=O) groups is 4. The van der Waals surface area contributed by atoms with E-state index in [9.17, 15) is 23.7 Å². The van der Waals surface area contributed by atoms with Crippen LogP contribution < -0.4 is 10.6 Å². The summed E-state index contributed by atoms with van der Waals surface area (Å²) in [4.78, 5) is 46.1. The quantitative estimate of drug-likeness (QED) is 0.282. The van der Waals surface area contributed by atoms with Crippen molar-refractivity contribution >= 4 is 42.5 Å². The molecule has 2 amide bonds. The second-order valence-electron chi connectivity index (χ2n) is 7.12. The van der Waals surface area contributed by atoms with Gasteiger partial charge in [-0.2, -0.15) is 0 Å². The number of carboxylic acid groups (broad SMARTS) is 1. The van der Waals surface area contributed by atoms with Crippen molar-refractivity contribution in [2.75, 3.05) is 32.1 Å². The molecule has 0 aromatic heterocycles. The Kier molecular flexibility index (Phi) is 11.0. The molecule has 1 heterocycles. The van der Waals surface area contributed by atoms with Crippen LogP contribution in [0.25, 0.3) is 0 Å². The minimum atomic E-state index is -3.79. The standard InChI is InChI=1S/C17H29N2O9PS/c1-4-26-29(25)27-11-17(2,3)15(28-29)16(24)19-8-7-12(20)18-9-10-30-14(23)6-5-13(21)22/h15H,4-11H2,1-3H3,(H,18,20)(H,19,24)(H,21,22)/t15-,29?/m0/s1. The number of carbonyl (C=O) groups excluding carboxylic acids is 3. The lowest BCUT2D eigenvalue weighted by Crippen LogP contribution is -2.50. The lowest BCUT2D eigenvalue weighted by Gasteiger charge is -2.39. The zero-order valence-corrected chi connectivity index (χ0v) is 19.0. The second kappa shape index (κ2) is 12.4. The molecule has 0 aromatic rings. The van der Waals surface area contributed by atoms with Gasteiger partial charge in [0, 0.05) is 37.1 Å². The van der Waals surface area contributed by atoms with Crippen LogP contribution in [0.1, 0.15) is 40.0 Å². The lowest BCUT2D eigenvalue weighted by molar-refractivity contribution is -0.141. The molecule has 30 heavy (non-hydrogen) atoms. The van der Waals surface area contributed by atoms with Crippen LogP contribution in [0.5, 0.6) is 0 Å². The van der Waals surface area contributed by atoms with E-state index in [2.05, 4.69) is 10.6 Å². The number of carboxylic acids is 1. The van der Waals surface area contributed by atoms with Crippen LogP contribution in [0.4, 0.5) is 0 Å². The number of phosphoric ester groups is 1. The Morgan fingerprint density at radius 2 is 1.87 bits per heavy atom. The van der Waals surface area contributed by atoms with Crippen molar-refractivity contribution in [1.29, 1.82) is 0 Å². The van der Waals surface area contributed by atoms with Crippen molar-refractivity contribution in [3.05, 3.63) is 0 Å². The summed E-state index contributed by atoms with van der Waals surface area (Å²) in [6.45, 7) is 5.50. The summed E-state index contributed by atoms with van der Waals surface area (Å²) in [5.74, 6) is -1.54. The van der Waals surface area contributed by atoms with E-state index in [-0.39, 0.29) is 56.6 Å². The molecule has 0 saturated carbocycles. The first kappa shape index (κ1) is 26.6. The molecular formula is C17H29N2O9PS. The average molecular weight is 468 g/mol. The average Bonchev–Trinajstić information content (AvgIpc) is 2.66. The maximum absolute atomic E-state index is 12.4. The zero-order valence-electron chi connectivity index (χ0n) is 17.3. The molecule has 0 spiro atoms. The van der Waals surface area contributed by atoms with E-state index in [1.54, 1.807) is 20.8 Å². The molecule has 0 aromatic carbocycles. The number of aliphatic carboxylic acids is 1. The zero-order chi connectivity index (χ0) is 22.8. The fourth-order valence-electron chi connectivity index (χ4n) is 2.37. The van der Waals surface area contributed by atoms with Gasteiger partial charge in [-0.05, 0) is 6.92 Å². The molecule has 0 aliphatic carbocycles. The molecule has 0 bridgehead atoms. The molecule has 0 radical (unpaired) electrons. The summed E-state index contributed by atoms with van der Waals surface area (Å²) in [6, 6.07) is 0. The number of phosphoric acid groups is 1. The normalized spacial score (nSPS) is 22.8. The van der Waals surface area contributed by atoms with Gasteiger partial charge in [-0.15, -0.1) is 0 Å². The first-order valence-corrected chi connectivity index (χ1v) is 11.9. The highest BCUT2D eigenvalue weighted by Gasteiger charge is 2.48. The van der Waals surface area contributed by atoms with E-state index in [1.165, 1.54) is 0 Å². The minimum absolute atomic E-state index is 0.0101. The summed E-state index contributed by atoms with van der Waals surface area (Å²) < 4.78 is 27.8. The molecule has 172 valence electrons. The molecule has 3 N–H and O–H groups in total. The molecule has 1 aliphatic heterocycles. The van der Waals surface area contributed by atoms with Crippen LogP contribution in [-0.2, 0) is 37.3 Å². The molecule has 11 nitrogen and oxygen atoms in total. The molecule has 1 saturated heterocycles.